The SMILES string of the molecule is Nc1cc(Cl)cc(Cl)c1NC(=O)c1cccc(O)c1. The van der Waals surface area contributed by atoms with Crippen molar-refractivity contribution >= 4 is 40.5 Å². The third-order valence-corrected chi connectivity index (χ3v) is 2.95. The molecule has 0 unspecified atom stereocenters. The molecule has 0 saturated carbocycles. The predicted octanol–water partition coefficient (Wildman–Crippen LogP) is 3.53. The molecule has 4 nitrogen and oxygen atoms in total. The van der Waals surface area contributed by atoms with Crippen LogP contribution in [0.4, 0.5) is 11.4 Å². The molecule has 0 aliphatic carbocycles. The number of carbonyl (C=O) groups excluding carboxylic acids is 1. The van der Waals surface area contributed by atoms with Gasteiger partial charge < -0.3 is 16.2 Å². The summed E-state index contributed by atoms with van der Waals surface area (Å²) in [5.41, 5.74) is 6.60. The van der Waals surface area contributed by atoms with Gasteiger partial charge in [0.15, 0.2) is 0 Å². The van der Waals surface area contributed by atoms with Crippen LogP contribution in [0.25, 0.3) is 0 Å². The van der Waals surface area contributed by atoms with Gasteiger partial charge in [-0.1, -0.05) is 29.3 Å². The Morgan fingerprint density at radius 2 is 1.95 bits per heavy atom. The first-order valence-corrected chi connectivity index (χ1v) is 6.08. The molecule has 2 rings (SSSR count). The lowest BCUT2D eigenvalue weighted by molar-refractivity contribution is 0.102. The van der Waals surface area contributed by atoms with Gasteiger partial charge in [0, 0.05) is 10.6 Å². The van der Waals surface area contributed by atoms with Crippen LogP contribution < -0.4 is 11.1 Å². The molecule has 1 amide bonds. The van der Waals surface area contributed by atoms with E-state index in [1.165, 1.54) is 24.3 Å². The Labute approximate surface area is 119 Å². The van der Waals surface area contributed by atoms with Crippen LogP contribution in [-0.2, 0) is 0 Å². The predicted molar refractivity (Wildman–Crippen MR) is 76.9 cm³/mol. The number of hydrogen-bond acceptors (Lipinski definition) is 3. The van der Waals surface area contributed by atoms with E-state index in [1.54, 1.807) is 12.1 Å². The Morgan fingerprint density at radius 1 is 1.21 bits per heavy atom. The Morgan fingerprint density at radius 3 is 2.58 bits per heavy atom. The van der Waals surface area contributed by atoms with Gasteiger partial charge in [-0.15, -0.1) is 0 Å². The minimum absolute atomic E-state index is 0.00262. The van der Waals surface area contributed by atoms with Crippen molar-refractivity contribution in [3.05, 3.63) is 52.0 Å². The molecule has 0 aliphatic heterocycles. The minimum atomic E-state index is -0.424. The minimum Gasteiger partial charge on any atom is -0.508 e. The third kappa shape index (κ3) is 3.10. The van der Waals surface area contributed by atoms with Gasteiger partial charge in [-0.2, -0.15) is 0 Å². The van der Waals surface area contributed by atoms with Gasteiger partial charge in [0.2, 0.25) is 0 Å². The summed E-state index contributed by atoms with van der Waals surface area (Å²) < 4.78 is 0. The van der Waals surface area contributed by atoms with Crippen molar-refractivity contribution in [1.29, 1.82) is 0 Å². The number of aromatic hydroxyl groups is 1. The van der Waals surface area contributed by atoms with Crippen LogP contribution in [0.5, 0.6) is 5.75 Å². The number of phenolic OH excluding ortho intramolecular Hbond substituents is 1. The fraction of sp³-hybridized carbons (Fsp3) is 0. The van der Waals surface area contributed by atoms with Gasteiger partial charge in [0.25, 0.3) is 5.91 Å². The van der Waals surface area contributed by atoms with Crippen molar-refractivity contribution in [2.75, 3.05) is 11.1 Å². The summed E-state index contributed by atoms with van der Waals surface area (Å²) in [5, 5.41) is 12.5. The highest BCUT2D eigenvalue weighted by Gasteiger charge is 2.12. The average Bonchev–Trinajstić information content (AvgIpc) is 2.33. The molecule has 0 radical (unpaired) electrons. The molecule has 19 heavy (non-hydrogen) atoms. The fourth-order valence-corrected chi connectivity index (χ4v) is 2.11. The van der Waals surface area contributed by atoms with Crippen molar-refractivity contribution in [2.24, 2.45) is 0 Å². The second-order valence-corrected chi connectivity index (χ2v) is 4.70. The zero-order chi connectivity index (χ0) is 14.0. The topological polar surface area (TPSA) is 75.3 Å². The average molecular weight is 297 g/mol. The molecule has 0 fully saturated rings. The summed E-state index contributed by atoms with van der Waals surface area (Å²) in [6.45, 7) is 0. The molecule has 0 spiro atoms. The molecule has 0 aliphatic rings. The van der Waals surface area contributed by atoms with E-state index in [2.05, 4.69) is 5.32 Å². The molecule has 2 aromatic carbocycles. The highest BCUT2D eigenvalue weighted by Crippen LogP contribution is 2.32. The molecular formula is C13H10Cl2N2O2. The van der Waals surface area contributed by atoms with E-state index in [4.69, 9.17) is 28.9 Å². The quantitative estimate of drug-likeness (QED) is 0.742. The zero-order valence-electron chi connectivity index (χ0n) is 9.65. The van der Waals surface area contributed by atoms with Crippen LogP contribution >= 0.6 is 23.2 Å². The summed E-state index contributed by atoms with van der Waals surface area (Å²) in [4.78, 5) is 12.0. The smallest absolute Gasteiger partial charge is 0.255 e. The summed E-state index contributed by atoms with van der Waals surface area (Å²) in [7, 11) is 0. The van der Waals surface area contributed by atoms with Crippen molar-refractivity contribution < 1.29 is 9.90 Å². The first-order chi connectivity index (χ1) is 8.97. The summed E-state index contributed by atoms with van der Waals surface area (Å²) >= 11 is 11.8. The first kappa shape index (κ1) is 13.5. The summed E-state index contributed by atoms with van der Waals surface area (Å²) in [5.74, 6) is -0.422. The molecule has 0 bridgehead atoms. The molecule has 0 heterocycles. The van der Waals surface area contributed by atoms with Gasteiger partial charge in [-0.25, -0.2) is 0 Å². The van der Waals surface area contributed by atoms with Gasteiger partial charge in [0.1, 0.15) is 5.75 Å². The number of benzene rings is 2. The third-order valence-electron chi connectivity index (χ3n) is 2.43. The van der Waals surface area contributed by atoms with Gasteiger partial charge >= 0.3 is 0 Å². The number of rotatable bonds is 2. The maximum absolute atomic E-state index is 12.0. The zero-order valence-corrected chi connectivity index (χ0v) is 11.2. The Balaban J connectivity index is 2.29. The van der Waals surface area contributed by atoms with E-state index in [9.17, 15) is 9.90 Å². The molecule has 4 N–H and O–H groups in total. The van der Waals surface area contributed by atoms with Crippen molar-refractivity contribution in [1.82, 2.24) is 0 Å². The number of carbonyl (C=O) groups is 1. The number of halogens is 2. The maximum atomic E-state index is 12.0. The Bertz CT molecular complexity index is 621. The fourth-order valence-electron chi connectivity index (χ4n) is 1.56. The molecule has 98 valence electrons. The van der Waals surface area contributed by atoms with Crippen molar-refractivity contribution in [3.8, 4) is 5.75 Å². The molecule has 0 saturated heterocycles. The number of nitrogens with two attached hydrogens (primary N) is 1. The molecular weight excluding hydrogens is 287 g/mol. The van der Waals surface area contributed by atoms with Crippen LogP contribution in [0.2, 0.25) is 10.0 Å². The van der Waals surface area contributed by atoms with Crippen molar-refractivity contribution in [2.45, 2.75) is 0 Å². The molecule has 0 aromatic heterocycles. The Hall–Kier alpha value is -1.91. The van der Waals surface area contributed by atoms with Crippen LogP contribution in [-0.4, -0.2) is 11.0 Å². The largest absolute Gasteiger partial charge is 0.508 e. The van der Waals surface area contributed by atoms with E-state index in [0.717, 1.165) is 0 Å². The standard InChI is InChI=1S/C13H10Cl2N2O2/c14-8-5-10(15)12(11(16)6-8)17-13(19)7-2-1-3-9(18)4-7/h1-6,18H,16H2,(H,17,19). The van der Waals surface area contributed by atoms with Crippen molar-refractivity contribution in [3.63, 3.8) is 0 Å². The number of hydrogen-bond donors (Lipinski definition) is 3. The monoisotopic (exact) mass is 296 g/mol. The number of nitrogen functional groups attached to an aromatic ring is 1. The lowest BCUT2D eigenvalue weighted by Gasteiger charge is -2.10. The highest BCUT2D eigenvalue weighted by molar-refractivity contribution is 6.37. The number of phenols is 1. The number of amides is 1. The second kappa shape index (κ2) is 5.38. The maximum Gasteiger partial charge on any atom is 0.255 e. The van der Waals surface area contributed by atoms with E-state index < -0.39 is 5.91 Å². The number of nitrogens with one attached hydrogen (secondary N) is 1. The van der Waals surface area contributed by atoms with Gasteiger partial charge in [-0.3, -0.25) is 4.79 Å². The lowest BCUT2D eigenvalue weighted by atomic mass is 10.2. The second-order valence-electron chi connectivity index (χ2n) is 3.86. The first-order valence-electron chi connectivity index (χ1n) is 5.32. The van der Waals surface area contributed by atoms with Crippen LogP contribution in [0.15, 0.2) is 36.4 Å². The van der Waals surface area contributed by atoms with Crippen LogP contribution in [0, 0.1) is 0 Å². The van der Waals surface area contributed by atoms with Crippen LogP contribution in [0.1, 0.15) is 10.4 Å². The van der Waals surface area contributed by atoms with Gasteiger partial charge in [0.05, 0.1) is 16.4 Å². The van der Waals surface area contributed by atoms with Gasteiger partial charge in [-0.05, 0) is 30.3 Å². The summed E-state index contributed by atoms with van der Waals surface area (Å²) in [6.07, 6.45) is 0. The van der Waals surface area contributed by atoms with E-state index in [0.29, 0.717) is 16.3 Å². The van der Waals surface area contributed by atoms with E-state index in [1.807, 2.05) is 0 Å². The highest BCUT2D eigenvalue weighted by atomic mass is 35.5. The van der Waals surface area contributed by atoms with E-state index >= 15 is 0 Å². The molecule has 0 atom stereocenters. The summed E-state index contributed by atoms with van der Waals surface area (Å²) in [6, 6.07) is 8.92. The lowest BCUT2D eigenvalue weighted by Crippen LogP contribution is -2.13. The molecule has 2 aromatic rings. The van der Waals surface area contributed by atoms with E-state index in [-0.39, 0.29) is 16.5 Å². The molecule has 6 heteroatoms. The normalized spacial score (nSPS) is 10.2. The number of anilines is 2. The Kier molecular flexibility index (Phi) is 3.83. The van der Waals surface area contributed by atoms with Crippen LogP contribution in [0.3, 0.4) is 0 Å².